The molecule has 0 amide bonds. The lowest BCUT2D eigenvalue weighted by atomic mass is 10.1. The Hall–Kier alpha value is -1.69. The van der Waals surface area contributed by atoms with Crippen molar-refractivity contribution in [3.63, 3.8) is 0 Å². The number of aromatic nitrogens is 1. The van der Waals surface area contributed by atoms with Crippen molar-refractivity contribution in [1.29, 1.82) is 0 Å². The van der Waals surface area contributed by atoms with Gasteiger partial charge in [-0.15, -0.1) is 0 Å². The van der Waals surface area contributed by atoms with Crippen LogP contribution in [0, 0.1) is 16.0 Å². The van der Waals surface area contributed by atoms with E-state index in [9.17, 15) is 10.1 Å². The molecule has 2 N–H and O–H groups in total. The Morgan fingerprint density at radius 3 is 3.06 bits per heavy atom. The Morgan fingerprint density at radius 1 is 1.65 bits per heavy atom. The molecule has 0 bridgehead atoms. The van der Waals surface area contributed by atoms with E-state index in [1.165, 1.54) is 18.3 Å². The SMILES string of the molecule is CC(CO)CCCNc1cc([N+](=O)[O-])ccn1. The van der Waals surface area contributed by atoms with Crippen LogP contribution in [0.5, 0.6) is 0 Å². The highest BCUT2D eigenvalue weighted by atomic mass is 16.6. The molecule has 1 aromatic heterocycles. The molecular weight excluding hydrogens is 222 g/mol. The van der Waals surface area contributed by atoms with Crippen LogP contribution in [0.1, 0.15) is 19.8 Å². The number of aliphatic hydroxyl groups excluding tert-OH is 1. The van der Waals surface area contributed by atoms with Crippen molar-refractivity contribution in [2.24, 2.45) is 5.92 Å². The third-order valence-electron chi connectivity index (χ3n) is 2.45. The van der Waals surface area contributed by atoms with Crippen molar-refractivity contribution in [2.75, 3.05) is 18.5 Å². The van der Waals surface area contributed by atoms with E-state index in [1.54, 1.807) is 0 Å². The Balaban J connectivity index is 2.36. The number of hydrogen-bond donors (Lipinski definition) is 2. The minimum Gasteiger partial charge on any atom is -0.396 e. The number of nitrogens with one attached hydrogen (secondary N) is 1. The van der Waals surface area contributed by atoms with Gasteiger partial charge in [-0.1, -0.05) is 6.92 Å². The molecule has 0 aliphatic carbocycles. The molecule has 6 heteroatoms. The third kappa shape index (κ3) is 4.78. The lowest BCUT2D eigenvalue weighted by molar-refractivity contribution is -0.384. The van der Waals surface area contributed by atoms with Gasteiger partial charge in [0.05, 0.1) is 11.0 Å². The molecule has 6 nitrogen and oxygen atoms in total. The maximum Gasteiger partial charge on any atom is 0.274 e. The third-order valence-corrected chi connectivity index (χ3v) is 2.45. The van der Waals surface area contributed by atoms with Gasteiger partial charge in [0.2, 0.25) is 0 Å². The van der Waals surface area contributed by atoms with Crippen molar-refractivity contribution in [2.45, 2.75) is 19.8 Å². The fourth-order valence-corrected chi connectivity index (χ4v) is 1.39. The second kappa shape index (κ2) is 6.80. The maximum absolute atomic E-state index is 10.5. The Labute approximate surface area is 99.8 Å². The fraction of sp³-hybridized carbons (Fsp3) is 0.545. The summed E-state index contributed by atoms with van der Waals surface area (Å²) in [5.74, 6) is 0.797. The molecular formula is C11H17N3O3. The Bertz CT molecular complexity index is 371. The summed E-state index contributed by atoms with van der Waals surface area (Å²) in [4.78, 5) is 14.1. The highest BCUT2D eigenvalue weighted by Crippen LogP contribution is 2.14. The molecule has 0 radical (unpaired) electrons. The van der Waals surface area contributed by atoms with Crippen molar-refractivity contribution in [1.82, 2.24) is 4.98 Å². The van der Waals surface area contributed by atoms with E-state index in [0.29, 0.717) is 12.4 Å². The number of nitro groups is 1. The maximum atomic E-state index is 10.5. The first-order valence-electron chi connectivity index (χ1n) is 5.58. The van der Waals surface area contributed by atoms with Crippen molar-refractivity contribution >= 4 is 11.5 Å². The molecule has 0 saturated heterocycles. The van der Waals surface area contributed by atoms with Crippen LogP contribution in [0.25, 0.3) is 0 Å². The lowest BCUT2D eigenvalue weighted by Gasteiger charge is -2.08. The van der Waals surface area contributed by atoms with Gasteiger partial charge in [-0.25, -0.2) is 4.98 Å². The summed E-state index contributed by atoms with van der Waals surface area (Å²) in [6.45, 7) is 2.86. The molecule has 1 unspecified atom stereocenters. The summed E-state index contributed by atoms with van der Waals surface area (Å²) in [6.07, 6.45) is 3.22. The first-order chi connectivity index (χ1) is 8.13. The van der Waals surface area contributed by atoms with E-state index in [2.05, 4.69) is 10.3 Å². The van der Waals surface area contributed by atoms with Crippen molar-refractivity contribution in [3.05, 3.63) is 28.4 Å². The molecule has 0 saturated carbocycles. The summed E-state index contributed by atoms with van der Waals surface area (Å²) in [5.41, 5.74) is 0.0335. The second-order valence-electron chi connectivity index (χ2n) is 4.01. The van der Waals surface area contributed by atoms with E-state index in [4.69, 9.17) is 5.11 Å². The quantitative estimate of drug-likeness (QED) is 0.430. The molecule has 0 fully saturated rings. The summed E-state index contributed by atoms with van der Waals surface area (Å²) in [5, 5.41) is 22.4. The molecule has 0 aromatic carbocycles. The molecule has 0 aliphatic heterocycles. The predicted octanol–water partition coefficient (Wildman–Crippen LogP) is 1.81. The van der Waals surface area contributed by atoms with Gasteiger partial charge >= 0.3 is 0 Å². The summed E-state index contributed by atoms with van der Waals surface area (Å²) < 4.78 is 0. The van der Waals surface area contributed by atoms with Crippen LogP contribution in [0.2, 0.25) is 0 Å². The van der Waals surface area contributed by atoms with Gasteiger partial charge in [0.1, 0.15) is 5.82 Å². The number of hydrogen-bond acceptors (Lipinski definition) is 5. The minimum atomic E-state index is -0.444. The van der Waals surface area contributed by atoms with Crippen molar-refractivity contribution < 1.29 is 10.0 Å². The smallest absolute Gasteiger partial charge is 0.274 e. The predicted molar refractivity (Wildman–Crippen MR) is 64.9 cm³/mol. The van der Waals surface area contributed by atoms with Crippen LogP contribution >= 0.6 is 0 Å². The Morgan fingerprint density at radius 2 is 2.41 bits per heavy atom. The van der Waals surface area contributed by atoms with E-state index in [1.807, 2.05) is 6.92 Å². The van der Waals surface area contributed by atoms with Gasteiger partial charge in [0, 0.05) is 25.4 Å². The van der Waals surface area contributed by atoms with Crippen LogP contribution in [0.15, 0.2) is 18.3 Å². The topological polar surface area (TPSA) is 88.3 Å². The van der Waals surface area contributed by atoms with Gasteiger partial charge in [-0.05, 0) is 18.8 Å². The molecule has 94 valence electrons. The van der Waals surface area contributed by atoms with Crippen molar-refractivity contribution in [3.8, 4) is 0 Å². The van der Waals surface area contributed by atoms with E-state index in [-0.39, 0.29) is 18.2 Å². The van der Waals surface area contributed by atoms with E-state index in [0.717, 1.165) is 12.8 Å². The molecule has 1 atom stereocenters. The van der Waals surface area contributed by atoms with Crippen LogP contribution in [0.3, 0.4) is 0 Å². The number of pyridine rings is 1. The molecule has 0 aliphatic rings. The first-order valence-corrected chi connectivity index (χ1v) is 5.58. The van der Waals surface area contributed by atoms with Gasteiger partial charge in [0.15, 0.2) is 0 Å². The zero-order chi connectivity index (χ0) is 12.7. The normalized spacial score (nSPS) is 12.1. The summed E-state index contributed by atoms with van der Waals surface area (Å²) in [7, 11) is 0. The second-order valence-corrected chi connectivity index (χ2v) is 4.01. The van der Waals surface area contributed by atoms with Crippen LogP contribution in [-0.2, 0) is 0 Å². The standard InChI is InChI=1S/C11H17N3O3/c1-9(8-15)3-2-5-12-11-7-10(14(16)17)4-6-13-11/h4,6-7,9,15H,2-3,5,8H2,1H3,(H,12,13). The fourth-order valence-electron chi connectivity index (χ4n) is 1.39. The van der Waals surface area contributed by atoms with Gasteiger partial charge in [0.25, 0.3) is 5.69 Å². The number of aliphatic hydroxyl groups is 1. The first kappa shape index (κ1) is 13.4. The largest absolute Gasteiger partial charge is 0.396 e. The van der Waals surface area contributed by atoms with Crippen LogP contribution in [0.4, 0.5) is 11.5 Å². The lowest BCUT2D eigenvalue weighted by Crippen LogP contribution is -2.07. The Kier molecular flexibility index (Phi) is 5.35. The average Bonchev–Trinajstić information content (AvgIpc) is 2.34. The van der Waals surface area contributed by atoms with Gasteiger partial charge < -0.3 is 10.4 Å². The molecule has 1 heterocycles. The van der Waals surface area contributed by atoms with Gasteiger partial charge in [-0.3, -0.25) is 10.1 Å². The highest BCUT2D eigenvalue weighted by Gasteiger charge is 2.06. The monoisotopic (exact) mass is 239 g/mol. The minimum absolute atomic E-state index is 0.0335. The van der Waals surface area contributed by atoms with E-state index < -0.39 is 4.92 Å². The summed E-state index contributed by atoms with van der Waals surface area (Å²) >= 11 is 0. The number of rotatable bonds is 7. The molecule has 1 rings (SSSR count). The zero-order valence-electron chi connectivity index (χ0n) is 9.80. The van der Waals surface area contributed by atoms with Gasteiger partial charge in [-0.2, -0.15) is 0 Å². The molecule has 1 aromatic rings. The molecule has 0 spiro atoms. The average molecular weight is 239 g/mol. The summed E-state index contributed by atoms with van der Waals surface area (Å²) in [6, 6.07) is 2.77. The number of nitrogens with zero attached hydrogens (tertiary/aromatic N) is 2. The number of anilines is 1. The zero-order valence-corrected chi connectivity index (χ0v) is 9.80. The molecule has 17 heavy (non-hydrogen) atoms. The van der Waals surface area contributed by atoms with Crippen LogP contribution < -0.4 is 5.32 Å². The van der Waals surface area contributed by atoms with Crippen LogP contribution in [-0.4, -0.2) is 28.2 Å². The van der Waals surface area contributed by atoms with E-state index >= 15 is 0 Å². The highest BCUT2D eigenvalue weighted by molar-refractivity contribution is 5.43.